The smallest absolute Gasteiger partial charge is 0.263 e. The zero-order valence-corrected chi connectivity index (χ0v) is 16.4. The maximum atomic E-state index is 12.8. The summed E-state index contributed by atoms with van der Waals surface area (Å²) >= 11 is 6.10. The minimum Gasteiger partial charge on any atom is -0.376 e. The number of anilines is 1. The molecule has 1 fully saturated rings. The van der Waals surface area contributed by atoms with Gasteiger partial charge in [0, 0.05) is 18.7 Å². The van der Waals surface area contributed by atoms with Crippen molar-refractivity contribution in [1.82, 2.24) is 5.32 Å². The van der Waals surface area contributed by atoms with Crippen molar-refractivity contribution >= 4 is 33.2 Å². The van der Waals surface area contributed by atoms with Gasteiger partial charge in [0.1, 0.15) is 4.90 Å². The molecule has 0 unspecified atom stereocenters. The monoisotopic (exact) mass is 408 g/mol. The third-order valence-electron chi connectivity index (χ3n) is 4.39. The zero-order valence-electron chi connectivity index (χ0n) is 14.9. The van der Waals surface area contributed by atoms with Crippen molar-refractivity contribution in [2.75, 3.05) is 17.9 Å². The lowest BCUT2D eigenvalue weighted by molar-refractivity contribution is 0.0857. The Morgan fingerprint density at radius 3 is 2.74 bits per heavy atom. The van der Waals surface area contributed by atoms with E-state index in [1.54, 1.807) is 25.1 Å². The van der Waals surface area contributed by atoms with E-state index >= 15 is 0 Å². The summed E-state index contributed by atoms with van der Waals surface area (Å²) in [6.45, 7) is 2.90. The zero-order chi connectivity index (χ0) is 19.4. The van der Waals surface area contributed by atoms with Crippen LogP contribution in [0.1, 0.15) is 28.8 Å². The van der Waals surface area contributed by atoms with Gasteiger partial charge >= 0.3 is 0 Å². The van der Waals surface area contributed by atoms with Gasteiger partial charge in [-0.25, -0.2) is 8.42 Å². The number of carbonyl (C=O) groups excluding carboxylic acids is 1. The first-order valence-electron chi connectivity index (χ1n) is 8.64. The van der Waals surface area contributed by atoms with Gasteiger partial charge in [-0.1, -0.05) is 29.8 Å². The number of ether oxygens (including phenoxy) is 1. The van der Waals surface area contributed by atoms with E-state index in [1.807, 2.05) is 6.07 Å². The number of hydrogen-bond acceptors (Lipinski definition) is 4. The second-order valence-electron chi connectivity index (χ2n) is 6.41. The number of hydrogen-bond donors (Lipinski definition) is 2. The van der Waals surface area contributed by atoms with Crippen LogP contribution < -0.4 is 10.0 Å². The average Bonchev–Trinajstić information content (AvgIpc) is 3.15. The number of carbonyl (C=O) groups is 1. The molecular weight excluding hydrogens is 388 g/mol. The second kappa shape index (κ2) is 8.29. The highest BCUT2D eigenvalue weighted by Gasteiger charge is 2.22. The fourth-order valence-electron chi connectivity index (χ4n) is 2.85. The molecule has 6 nitrogen and oxygen atoms in total. The molecule has 1 heterocycles. The Labute approximate surface area is 163 Å². The van der Waals surface area contributed by atoms with Gasteiger partial charge in [-0.2, -0.15) is 0 Å². The third kappa shape index (κ3) is 4.80. The van der Waals surface area contributed by atoms with E-state index in [2.05, 4.69) is 10.0 Å². The molecular formula is C19H21ClN2O4S. The van der Waals surface area contributed by atoms with E-state index < -0.39 is 10.0 Å². The molecule has 1 saturated heterocycles. The molecule has 0 saturated carbocycles. The maximum absolute atomic E-state index is 12.8. The second-order valence-corrected chi connectivity index (χ2v) is 8.47. The fourth-order valence-corrected chi connectivity index (χ4v) is 4.51. The molecule has 0 aromatic heterocycles. The van der Waals surface area contributed by atoms with Gasteiger partial charge < -0.3 is 10.1 Å². The fraction of sp³-hybridized carbons (Fsp3) is 0.316. The van der Waals surface area contributed by atoms with Crippen LogP contribution in [0.2, 0.25) is 5.02 Å². The molecule has 27 heavy (non-hydrogen) atoms. The number of nitrogens with one attached hydrogen (secondary N) is 2. The molecule has 1 aliphatic rings. The molecule has 0 spiro atoms. The van der Waals surface area contributed by atoms with Crippen LogP contribution in [0.5, 0.6) is 0 Å². The SMILES string of the molecule is Cc1ccccc1NS(=O)(=O)c1cc(C(=O)NC[C@H]2CCCO2)ccc1Cl. The highest BCUT2D eigenvalue weighted by atomic mass is 35.5. The number of benzene rings is 2. The standard InChI is InChI=1S/C19H21ClN2O4S/c1-13-5-2-3-7-17(13)22-27(24,25)18-11-14(8-9-16(18)20)19(23)21-12-15-6-4-10-26-15/h2-3,5,7-9,11,15,22H,4,6,10,12H2,1H3,(H,21,23)/t15-/m1/s1. The van der Waals surface area contributed by atoms with Gasteiger partial charge in [-0.05, 0) is 49.6 Å². The Morgan fingerprint density at radius 1 is 1.26 bits per heavy atom. The third-order valence-corrected chi connectivity index (χ3v) is 6.23. The number of amides is 1. The van der Waals surface area contributed by atoms with Gasteiger partial charge in [0.25, 0.3) is 15.9 Å². The van der Waals surface area contributed by atoms with Crippen LogP contribution in [-0.2, 0) is 14.8 Å². The number of halogens is 1. The molecule has 0 bridgehead atoms. The van der Waals surface area contributed by atoms with Crippen molar-refractivity contribution in [1.29, 1.82) is 0 Å². The Bertz CT molecular complexity index is 940. The summed E-state index contributed by atoms with van der Waals surface area (Å²) in [6, 6.07) is 11.2. The Morgan fingerprint density at radius 2 is 2.04 bits per heavy atom. The lowest BCUT2D eigenvalue weighted by Gasteiger charge is -2.14. The van der Waals surface area contributed by atoms with Gasteiger partial charge in [-0.15, -0.1) is 0 Å². The van der Waals surface area contributed by atoms with Crippen LogP contribution in [0.15, 0.2) is 47.4 Å². The molecule has 144 valence electrons. The molecule has 1 atom stereocenters. The number of sulfonamides is 1. The van der Waals surface area contributed by atoms with Gasteiger partial charge in [-0.3, -0.25) is 9.52 Å². The molecule has 2 aromatic rings. The lowest BCUT2D eigenvalue weighted by Crippen LogP contribution is -2.31. The van der Waals surface area contributed by atoms with E-state index in [0.29, 0.717) is 18.8 Å². The molecule has 0 aliphatic carbocycles. The van der Waals surface area contributed by atoms with E-state index in [1.165, 1.54) is 18.2 Å². The Balaban J connectivity index is 1.79. The van der Waals surface area contributed by atoms with Gasteiger partial charge in [0.15, 0.2) is 0 Å². The van der Waals surface area contributed by atoms with Crippen LogP contribution in [0, 0.1) is 6.92 Å². The molecule has 2 N–H and O–H groups in total. The summed E-state index contributed by atoms with van der Waals surface area (Å²) in [5.41, 5.74) is 1.46. The quantitative estimate of drug-likeness (QED) is 0.767. The highest BCUT2D eigenvalue weighted by molar-refractivity contribution is 7.92. The van der Waals surface area contributed by atoms with Crippen LogP contribution >= 0.6 is 11.6 Å². The van der Waals surface area contributed by atoms with Crippen LogP contribution in [0.3, 0.4) is 0 Å². The van der Waals surface area contributed by atoms with Crippen molar-refractivity contribution in [3.63, 3.8) is 0 Å². The summed E-state index contributed by atoms with van der Waals surface area (Å²) in [7, 11) is -3.94. The summed E-state index contributed by atoms with van der Waals surface area (Å²) in [6.07, 6.45) is 1.89. The predicted octanol–water partition coefficient (Wildman–Crippen LogP) is 3.36. The Kier molecular flexibility index (Phi) is 6.04. The summed E-state index contributed by atoms with van der Waals surface area (Å²) < 4.78 is 33.5. The lowest BCUT2D eigenvalue weighted by atomic mass is 10.2. The first-order chi connectivity index (χ1) is 12.9. The van der Waals surface area contributed by atoms with Crippen molar-refractivity contribution < 1.29 is 17.9 Å². The molecule has 0 radical (unpaired) electrons. The van der Waals surface area contributed by atoms with Crippen molar-refractivity contribution in [2.24, 2.45) is 0 Å². The molecule has 1 amide bonds. The predicted molar refractivity (Wildman–Crippen MR) is 105 cm³/mol. The molecule has 3 rings (SSSR count). The Hall–Kier alpha value is -2.09. The molecule has 1 aliphatic heterocycles. The van der Waals surface area contributed by atoms with E-state index in [4.69, 9.17) is 16.3 Å². The number of aryl methyl sites for hydroxylation is 1. The normalized spacial score (nSPS) is 16.9. The minimum absolute atomic E-state index is 0.00664. The van der Waals surface area contributed by atoms with Gasteiger partial charge in [0.2, 0.25) is 0 Å². The number of para-hydroxylation sites is 1. The minimum atomic E-state index is -3.94. The topological polar surface area (TPSA) is 84.5 Å². The van der Waals surface area contributed by atoms with Gasteiger partial charge in [0.05, 0.1) is 16.8 Å². The largest absolute Gasteiger partial charge is 0.376 e. The first kappa shape index (κ1) is 19.7. The van der Waals surface area contributed by atoms with Crippen molar-refractivity contribution in [3.05, 3.63) is 58.6 Å². The maximum Gasteiger partial charge on any atom is 0.263 e. The first-order valence-corrected chi connectivity index (χ1v) is 10.5. The number of rotatable bonds is 6. The molecule has 8 heteroatoms. The van der Waals surface area contributed by atoms with E-state index in [0.717, 1.165) is 18.4 Å². The summed E-state index contributed by atoms with van der Waals surface area (Å²) in [5, 5.41) is 2.82. The average molecular weight is 409 g/mol. The van der Waals surface area contributed by atoms with Crippen LogP contribution in [0.25, 0.3) is 0 Å². The van der Waals surface area contributed by atoms with Crippen molar-refractivity contribution in [3.8, 4) is 0 Å². The highest BCUT2D eigenvalue weighted by Crippen LogP contribution is 2.26. The summed E-state index contributed by atoms with van der Waals surface area (Å²) in [5.74, 6) is -0.366. The van der Waals surface area contributed by atoms with Crippen LogP contribution in [-0.4, -0.2) is 33.6 Å². The van der Waals surface area contributed by atoms with E-state index in [9.17, 15) is 13.2 Å². The van der Waals surface area contributed by atoms with Crippen molar-refractivity contribution in [2.45, 2.75) is 30.8 Å². The molecule has 2 aromatic carbocycles. The summed E-state index contributed by atoms with van der Waals surface area (Å²) in [4.78, 5) is 12.2. The van der Waals surface area contributed by atoms with E-state index in [-0.39, 0.29) is 27.5 Å². The van der Waals surface area contributed by atoms with Crippen LogP contribution in [0.4, 0.5) is 5.69 Å².